The van der Waals surface area contributed by atoms with Crippen LogP contribution in [0.4, 0.5) is 0 Å². The molecule has 2 unspecified atom stereocenters. The third-order valence-electron chi connectivity index (χ3n) is 11.3. The fourth-order valence-corrected chi connectivity index (χ4v) is 7.60. The summed E-state index contributed by atoms with van der Waals surface area (Å²) in [6.07, 6.45) is 81.7. The number of carbonyl (C=O) groups excluding carboxylic acids is 2. The minimum atomic E-state index is -4.65. The molecule has 0 aliphatic rings. The summed E-state index contributed by atoms with van der Waals surface area (Å²) in [4.78, 5) is 37.6. The highest BCUT2D eigenvalue weighted by molar-refractivity contribution is 7.45. The Morgan fingerprint density at radius 2 is 0.760 bits per heavy atom. The van der Waals surface area contributed by atoms with Crippen LogP contribution in [0.5, 0.6) is 0 Å². The smallest absolute Gasteiger partial charge is 0.306 e. The van der Waals surface area contributed by atoms with E-state index in [4.69, 9.17) is 18.5 Å². The third kappa shape index (κ3) is 58.7. The molecule has 9 nitrogen and oxygen atoms in total. The van der Waals surface area contributed by atoms with Gasteiger partial charge in [0.2, 0.25) is 0 Å². The van der Waals surface area contributed by atoms with Gasteiger partial charge in [0.25, 0.3) is 7.82 Å². The number of allylic oxidation sites excluding steroid dienone is 26. The van der Waals surface area contributed by atoms with Gasteiger partial charge in [-0.05, 0) is 122 Å². The first kappa shape index (κ1) is 70.6. The molecule has 0 saturated heterocycles. The molecule has 0 bridgehead atoms. The number of rotatable bonds is 50. The average Bonchev–Trinajstić information content (AvgIpc) is 3.37. The molecular weight excluding hydrogens is 954 g/mol. The number of hydrogen-bond donors (Lipinski definition) is 0. The van der Waals surface area contributed by atoms with Crippen molar-refractivity contribution < 1.29 is 42.1 Å². The molecule has 0 aromatic heterocycles. The van der Waals surface area contributed by atoms with Gasteiger partial charge in [-0.2, -0.15) is 0 Å². The molecule has 75 heavy (non-hydrogen) atoms. The van der Waals surface area contributed by atoms with Crippen molar-refractivity contribution in [2.45, 2.75) is 193 Å². The van der Waals surface area contributed by atoms with E-state index < -0.39 is 32.5 Å². The van der Waals surface area contributed by atoms with E-state index in [0.717, 1.165) is 141 Å². The Kier molecular flexibility index (Phi) is 51.2. The minimum Gasteiger partial charge on any atom is -0.756 e. The maximum Gasteiger partial charge on any atom is 0.306 e. The van der Waals surface area contributed by atoms with E-state index in [0.29, 0.717) is 23.9 Å². The van der Waals surface area contributed by atoms with Gasteiger partial charge in [0, 0.05) is 12.8 Å². The van der Waals surface area contributed by atoms with Gasteiger partial charge in [0.1, 0.15) is 19.8 Å². The molecule has 0 fully saturated rings. The Balaban J connectivity index is 4.16. The molecule has 0 rings (SSSR count). The number of nitrogens with zero attached hydrogens (tertiary/aromatic N) is 1. The van der Waals surface area contributed by atoms with Crippen LogP contribution in [-0.4, -0.2) is 70.0 Å². The number of phosphoric ester groups is 1. The predicted octanol–water partition coefficient (Wildman–Crippen LogP) is 17.5. The van der Waals surface area contributed by atoms with Crippen LogP contribution in [0.3, 0.4) is 0 Å². The zero-order valence-electron chi connectivity index (χ0n) is 47.7. The first-order valence-electron chi connectivity index (χ1n) is 28.7. The molecule has 0 N–H and O–H groups in total. The first-order chi connectivity index (χ1) is 36.5. The molecule has 0 aliphatic carbocycles. The first-order valence-corrected chi connectivity index (χ1v) is 30.2. The fourth-order valence-electron chi connectivity index (χ4n) is 6.87. The van der Waals surface area contributed by atoms with Crippen molar-refractivity contribution in [2.75, 3.05) is 47.5 Å². The molecule has 0 radical (unpaired) electrons. The fraction of sp³-hybridized carbons (Fsp3) is 0.569. The van der Waals surface area contributed by atoms with Crippen LogP contribution in [0.15, 0.2) is 158 Å². The zero-order chi connectivity index (χ0) is 54.9. The number of quaternary nitrogens is 1. The van der Waals surface area contributed by atoms with Gasteiger partial charge in [0.15, 0.2) is 6.10 Å². The van der Waals surface area contributed by atoms with E-state index in [1.807, 2.05) is 21.1 Å². The number of phosphoric acid groups is 1. The van der Waals surface area contributed by atoms with Crippen LogP contribution >= 0.6 is 7.82 Å². The Morgan fingerprint density at radius 1 is 0.427 bits per heavy atom. The van der Waals surface area contributed by atoms with Gasteiger partial charge in [-0.3, -0.25) is 14.2 Å². The minimum absolute atomic E-state index is 0.0458. The number of esters is 2. The number of unbranched alkanes of at least 4 members (excludes halogenated alkanes) is 10. The van der Waals surface area contributed by atoms with E-state index in [-0.39, 0.29) is 26.1 Å². The number of likely N-dealkylation sites (N-methyl/N-ethyl adjacent to an activating group) is 1. The second-order valence-corrected chi connectivity index (χ2v) is 21.0. The second-order valence-electron chi connectivity index (χ2n) is 19.6. The summed E-state index contributed by atoms with van der Waals surface area (Å²) >= 11 is 0. The van der Waals surface area contributed by atoms with Gasteiger partial charge in [-0.25, -0.2) is 0 Å². The molecule has 0 saturated carbocycles. The lowest BCUT2D eigenvalue weighted by Gasteiger charge is -2.28. The summed E-state index contributed by atoms with van der Waals surface area (Å²) < 4.78 is 33.9. The summed E-state index contributed by atoms with van der Waals surface area (Å²) in [6, 6.07) is 0. The average molecular weight is 1060 g/mol. The number of carbonyl (C=O) groups is 2. The zero-order valence-corrected chi connectivity index (χ0v) is 48.6. The van der Waals surface area contributed by atoms with Crippen molar-refractivity contribution >= 4 is 19.8 Å². The molecule has 10 heteroatoms. The van der Waals surface area contributed by atoms with Crippen LogP contribution in [0.25, 0.3) is 0 Å². The van der Waals surface area contributed by atoms with Gasteiger partial charge in [-0.15, -0.1) is 0 Å². The lowest BCUT2D eigenvalue weighted by molar-refractivity contribution is -0.870. The Bertz CT molecular complexity index is 1820. The van der Waals surface area contributed by atoms with E-state index in [9.17, 15) is 19.0 Å². The quantitative estimate of drug-likeness (QED) is 0.0195. The van der Waals surface area contributed by atoms with Crippen molar-refractivity contribution in [3.63, 3.8) is 0 Å². The van der Waals surface area contributed by atoms with Crippen LogP contribution in [0.1, 0.15) is 187 Å². The third-order valence-corrected chi connectivity index (χ3v) is 12.2. The van der Waals surface area contributed by atoms with Crippen LogP contribution in [0.2, 0.25) is 0 Å². The molecule has 0 aromatic carbocycles. The normalized spacial score (nSPS) is 14.5. The monoisotopic (exact) mass is 1060 g/mol. The molecule has 0 spiro atoms. The van der Waals surface area contributed by atoms with Crippen LogP contribution in [-0.2, 0) is 32.7 Å². The van der Waals surface area contributed by atoms with Crippen molar-refractivity contribution in [2.24, 2.45) is 0 Å². The molecule has 2 atom stereocenters. The largest absolute Gasteiger partial charge is 0.756 e. The maximum absolute atomic E-state index is 12.7. The van der Waals surface area contributed by atoms with E-state index in [1.165, 1.54) is 6.42 Å². The summed E-state index contributed by atoms with van der Waals surface area (Å²) in [7, 11) is 1.12. The summed E-state index contributed by atoms with van der Waals surface area (Å²) in [5.74, 6) is -0.891. The summed E-state index contributed by atoms with van der Waals surface area (Å²) in [5.41, 5.74) is 0. The molecule has 0 aliphatic heterocycles. The maximum atomic E-state index is 12.7. The van der Waals surface area contributed by atoms with Crippen molar-refractivity contribution in [3.05, 3.63) is 158 Å². The van der Waals surface area contributed by atoms with Gasteiger partial charge >= 0.3 is 11.9 Å². The molecule has 0 amide bonds. The Hall–Kier alpha value is -4.37. The molecule has 0 aromatic rings. The lowest BCUT2D eigenvalue weighted by Crippen LogP contribution is -2.37. The van der Waals surface area contributed by atoms with E-state index >= 15 is 0 Å². The highest BCUT2D eigenvalue weighted by Crippen LogP contribution is 2.38. The van der Waals surface area contributed by atoms with Crippen LogP contribution < -0.4 is 4.89 Å². The highest BCUT2D eigenvalue weighted by atomic mass is 31.2. The summed E-state index contributed by atoms with van der Waals surface area (Å²) in [5, 5.41) is 0. The Morgan fingerprint density at radius 3 is 1.15 bits per heavy atom. The van der Waals surface area contributed by atoms with Crippen molar-refractivity contribution in [1.29, 1.82) is 0 Å². The highest BCUT2D eigenvalue weighted by Gasteiger charge is 2.21. The van der Waals surface area contributed by atoms with Crippen LogP contribution in [0, 0.1) is 0 Å². The lowest BCUT2D eigenvalue weighted by atomic mass is 10.1. The number of ether oxygens (including phenoxy) is 2. The summed E-state index contributed by atoms with van der Waals surface area (Å²) in [6.45, 7) is 3.97. The standard InChI is InChI=1S/C65H104NO8P/c1-6-8-10-12-14-16-18-19-20-21-22-23-24-25-26-27-28-29-30-31-32-33-34-35-36-37-38-39-40-41-42-43-44-45-46-47-48-50-52-54-56-58-65(68)74-63(62-73-75(69,70)72-60-59-66(3,4)5)61-71-64(67)57-55-53-51-49-17-15-13-11-9-7-2/h8,10-11,13-14,16,19-20,22-23,25-26,28-29,31-32,34-35,37-38,40-41,43-44,46-47,63H,6-7,9,12,15,17-18,21,24,27,30,33,36,39,42,45,48-62H2,1-5H3/b10-8-,13-11-,16-14-,20-19-,23-22-,26-25-,29-28-,32-31-,35-34-,38-37-,41-40-,44-43-,47-46-. The molecule has 0 heterocycles. The van der Waals surface area contributed by atoms with E-state index in [1.54, 1.807) is 0 Å². The van der Waals surface area contributed by atoms with Gasteiger partial charge < -0.3 is 27.9 Å². The van der Waals surface area contributed by atoms with E-state index in [2.05, 4.69) is 172 Å². The second kappa shape index (κ2) is 54.4. The SMILES string of the molecule is CC/C=C\C/C=C\C/C=C\C/C=C\C/C=C\C/C=C\C/C=C\C/C=C\C/C=C\C/C=C\C/C=C\C/C=C\CCCCCCC(=O)OC(COC(=O)CCCCCCC/C=C\CCC)COP(=O)([O-])OCC[N+](C)(C)C. The number of hydrogen-bond acceptors (Lipinski definition) is 8. The molecule has 422 valence electrons. The van der Waals surface area contributed by atoms with Crippen molar-refractivity contribution in [1.82, 2.24) is 0 Å². The topological polar surface area (TPSA) is 111 Å². The van der Waals surface area contributed by atoms with Gasteiger partial charge in [-0.1, -0.05) is 210 Å². The Labute approximate surface area is 458 Å². The van der Waals surface area contributed by atoms with Crippen molar-refractivity contribution in [3.8, 4) is 0 Å². The molecular formula is C65H104NO8P. The predicted molar refractivity (Wildman–Crippen MR) is 318 cm³/mol. The van der Waals surface area contributed by atoms with Gasteiger partial charge in [0.05, 0.1) is 27.7 Å².